The molecule has 4 heterocycles. The molecule has 1 aliphatic carbocycles. The van der Waals surface area contributed by atoms with Crippen molar-refractivity contribution in [3.63, 3.8) is 0 Å². The Morgan fingerprint density at radius 2 is 1.79 bits per heavy atom. The van der Waals surface area contributed by atoms with Gasteiger partial charge in [0.2, 0.25) is 5.95 Å². The number of anilines is 2. The van der Waals surface area contributed by atoms with Crippen molar-refractivity contribution in [3.8, 4) is 11.3 Å². The van der Waals surface area contributed by atoms with Crippen molar-refractivity contribution in [3.05, 3.63) is 54.6 Å². The first-order valence-corrected chi connectivity index (χ1v) is 12.3. The maximum absolute atomic E-state index is 5.51. The minimum absolute atomic E-state index is 0.488. The number of furan rings is 1. The first-order chi connectivity index (χ1) is 16.7. The average Bonchev–Trinajstić information content (AvgIpc) is 3.65. The van der Waals surface area contributed by atoms with Crippen LogP contribution in [0.5, 0.6) is 0 Å². The van der Waals surface area contributed by atoms with E-state index in [1.165, 1.54) is 31.2 Å². The number of hydrogen-bond donors (Lipinski definition) is 1. The predicted octanol–water partition coefficient (Wildman–Crippen LogP) is 4.57. The van der Waals surface area contributed by atoms with E-state index >= 15 is 0 Å². The van der Waals surface area contributed by atoms with Gasteiger partial charge in [-0.2, -0.15) is 9.97 Å². The van der Waals surface area contributed by atoms with Crippen LogP contribution in [0.25, 0.3) is 22.5 Å². The minimum Gasteiger partial charge on any atom is -0.464 e. The molecular weight excluding hydrogens is 426 g/mol. The highest BCUT2D eigenvalue weighted by Crippen LogP contribution is 2.33. The number of benzene rings is 1. The third-order valence-electron chi connectivity index (χ3n) is 7.13. The molecule has 0 unspecified atom stereocenters. The molecule has 4 aromatic rings. The van der Waals surface area contributed by atoms with Crippen molar-refractivity contribution < 1.29 is 4.42 Å². The summed E-state index contributed by atoms with van der Waals surface area (Å²) in [5.74, 6) is 2.49. The van der Waals surface area contributed by atoms with Gasteiger partial charge < -0.3 is 24.1 Å². The molecule has 2 fully saturated rings. The normalized spacial score (nSPS) is 17.6. The van der Waals surface area contributed by atoms with Gasteiger partial charge in [-0.05, 0) is 37.6 Å². The van der Waals surface area contributed by atoms with E-state index in [1.54, 1.807) is 6.26 Å². The quantitative estimate of drug-likeness (QED) is 0.455. The second-order valence-electron chi connectivity index (χ2n) is 9.45. The summed E-state index contributed by atoms with van der Waals surface area (Å²) in [6.45, 7) is 4.59. The summed E-state index contributed by atoms with van der Waals surface area (Å²) in [7, 11) is 2.17. The standard InChI is InChI=1S/C26H31N7O/c1-31-12-14-32(15-13-31)26-29-24(23-25(30-26)33(18-28-23)21-5-2-3-6-21)27-17-19-8-10-20(11-9-19)22-7-4-16-34-22/h4,7-11,16,18,21H,2-3,5-6,12-15,17H2,1H3,(H,27,29,30). The van der Waals surface area contributed by atoms with Gasteiger partial charge in [-0.3, -0.25) is 0 Å². The molecule has 0 atom stereocenters. The molecule has 8 heteroatoms. The lowest BCUT2D eigenvalue weighted by Crippen LogP contribution is -2.45. The van der Waals surface area contributed by atoms with Crippen LogP contribution in [0.4, 0.5) is 11.8 Å². The zero-order valence-electron chi connectivity index (χ0n) is 19.7. The number of likely N-dealkylation sites (N-methyl/N-ethyl adjacent to an activating group) is 1. The number of fused-ring (bicyclic) bond motifs is 1. The first kappa shape index (κ1) is 21.2. The Labute approximate surface area is 199 Å². The fraction of sp³-hybridized carbons (Fsp3) is 0.423. The molecule has 1 saturated heterocycles. The Morgan fingerprint density at radius 3 is 2.53 bits per heavy atom. The molecular formula is C26H31N7O. The molecule has 1 N–H and O–H groups in total. The summed E-state index contributed by atoms with van der Waals surface area (Å²) in [6, 6.07) is 12.8. The van der Waals surface area contributed by atoms with E-state index in [2.05, 4.69) is 51.0 Å². The fourth-order valence-corrected chi connectivity index (χ4v) is 5.04. The molecule has 176 valence electrons. The Hall–Kier alpha value is -3.39. The van der Waals surface area contributed by atoms with Gasteiger partial charge in [0.1, 0.15) is 5.76 Å². The minimum atomic E-state index is 0.488. The smallest absolute Gasteiger partial charge is 0.229 e. The lowest BCUT2D eigenvalue weighted by Gasteiger charge is -2.32. The van der Waals surface area contributed by atoms with E-state index in [0.29, 0.717) is 12.6 Å². The summed E-state index contributed by atoms with van der Waals surface area (Å²) in [5.41, 5.74) is 4.06. The molecule has 34 heavy (non-hydrogen) atoms. The van der Waals surface area contributed by atoms with E-state index in [1.807, 2.05) is 18.5 Å². The maximum atomic E-state index is 5.51. The average molecular weight is 458 g/mol. The summed E-state index contributed by atoms with van der Waals surface area (Å²) in [5, 5.41) is 3.56. The molecule has 2 aliphatic rings. The number of nitrogens with zero attached hydrogens (tertiary/aromatic N) is 6. The molecule has 1 saturated carbocycles. The van der Waals surface area contributed by atoms with E-state index in [-0.39, 0.29) is 0 Å². The SMILES string of the molecule is CN1CCN(c2nc(NCc3ccc(-c4ccco4)cc3)c3ncn(C4CCCC4)c3n2)CC1. The molecule has 0 radical (unpaired) electrons. The van der Waals surface area contributed by atoms with Crippen LogP contribution in [0.15, 0.2) is 53.4 Å². The van der Waals surface area contributed by atoms with Crippen molar-refractivity contribution in [1.82, 2.24) is 24.4 Å². The zero-order chi connectivity index (χ0) is 22.9. The van der Waals surface area contributed by atoms with Crippen molar-refractivity contribution in [2.24, 2.45) is 0 Å². The molecule has 8 nitrogen and oxygen atoms in total. The van der Waals surface area contributed by atoms with Crippen LogP contribution in [0, 0.1) is 0 Å². The third kappa shape index (κ3) is 4.14. The lowest BCUT2D eigenvalue weighted by atomic mass is 10.1. The summed E-state index contributed by atoms with van der Waals surface area (Å²) in [4.78, 5) is 19.4. The van der Waals surface area contributed by atoms with Crippen LogP contribution in [0.3, 0.4) is 0 Å². The molecule has 3 aromatic heterocycles. The molecule has 1 aromatic carbocycles. The Morgan fingerprint density at radius 1 is 1.00 bits per heavy atom. The Balaban J connectivity index is 1.29. The summed E-state index contributed by atoms with van der Waals surface area (Å²) >= 11 is 0. The van der Waals surface area contributed by atoms with E-state index in [0.717, 1.165) is 60.4 Å². The second kappa shape index (κ2) is 9.10. The number of imidazole rings is 1. The van der Waals surface area contributed by atoms with Gasteiger partial charge >= 0.3 is 0 Å². The largest absolute Gasteiger partial charge is 0.464 e. The van der Waals surface area contributed by atoms with Crippen LogP contribution >= 0.6 is 0 Å². The Kier molecular flexibility index (Phi) is 5.66. The van der Waals surface area contributed by atoms with Gasteiger partial charge in [-0.1, -0.05) is 37.1 Å². The van der Waals surface area contributed by atoms with Gasteiger partial charge in [0, 0.05) is 44.3 Å². The third-order valence-corrected chi connectivity index (χ3v) is 7.13. The van der Waals surface area contributed by atoms with Crippen LogP contribution in [-0.2, 0) is 6.54 Å². The van der Waals surface area contributed by atoms with Crippen LogP contribution in [0.1, 0.15) is 37.3 Å². The highest BCUT2D eigenvalue weighted by molar-refractivity contribution is 5.84. The van der Waals surface area contributed by atoms with Gasteiger partial charge in [-0.25, -0.2) is 4.98 Å². The second-order valence-corrected chi connectivity index (χ2v) is 9.45. The number of nitrogens with one attached hydrogen (secondary N) is 1. The molecule has 6 rings (SSSR count). The lowest BCUT2D eigenvalue weighted by molar-refractivity contribution is 0.311. The predicted molar refractivity (Wildman–Crippen MR) is 134 cm³/mol. The first-order valence-electron chi connectivity index (χ1n) is 12.3. The summed E-state index contributed by atoms with van der Waals surface area (Å²) < 4.78 is 7.79. The van der Waals surface area contributed by atoms with Crippen LogP contribution in [0.2, 0.25) is 0 Å². The van der Waals surface area contributed by atoms with Crippen molar-refractivity contribution in [1.29, 1.82) is 0 Å². The van der Waals surface area contributed by atoms with Crippen molar-refractivity contribution in [2.45, 2.75) is 38.3 Å². The highest BCUT2D eigenvalue weighted by atomic mass is 16.3. The van der Waals surface area contributed by atoms with E-state index in [4.69, 9.17) is 19.4 Å². The molecule has 0 spiro atoms. The maximum Gasteiger partial charge on any atom is 0.229 e. The van der Waals surface area contributed by atoms with Crippen LogP contribution < -0.4 is 10.2 Å². The van der Waals surface area contributed by atoms with Crippen molar-refractivity contribution in [2.75, 3.05) is 43.4 Å². The number of aromatic nitrogens is 4. The monoisotopic (exact) mass is 457 g/mol. The van der Waals surface area contributed by atoms with Crippen molar-refractivity contribution >= 4 is 22.9 Å². The zero-order valence-corrected chi connectivity index (χ0v) is 19.7. The number of piperazine rings is 1. The van der Waals surface area contributed by atoms with E-state index in [9.17, 15) is 0 Å². The van der Waals surface area contributed by atoms with E-state index < -0.39 is 0 Å². The Bertz CT molecular complexity index is 1230. The highest BCUT2D eigenvalue weighted by Gasteiger charge is 2.24. The molecule has 0 bridgehead atoms. The molecule has 1 aliphatic heterocycles. The van der Waals surface area contributed by atoms with Crippen LogP contribution in [-0.4, -0.2) is 57.6 Å². The molecule has 0 amide bonds. The van der Waals surface area contributed by atoms with Gasteiger partial charge in [0.05, 0.1) is 12.6 Å². The number of rotatable bonds is 6. The van der Waals surface area contributed by atoms with Gasteiger partial charge in [0.25, 0.3) is 0 Å². The van der Waals surface area contributed by atoms with Gasteiger partial charge in [-0.15, -0.1) is 0 Å². The summed E-state index contributed by atoms with van der Waals surface area (Å²) in [6.07, 6.45) is 8.62. The number of hydrogen-bond acceptors (Lipinski definition) is 7. The topological polar surface area (TPSA) is 75.2 Å². The van der Waals surface area contributed by atoms with Gasteiger partial charge in [0.15, 0.2) is 17.0 Å². The fourth-order valence-electron chi connectivity index (χ4n) is 5.04.